The third kappa shape index (κ3) is 1.88. The molecule has 3 rings (SSSR count). The van der Waals surface area contributed by atoms with Gasteiger partial charge in [0.2, 0.25) is 0 Å². The molecule has 1 aromatic carbocycles. The maximum atomic E-state index is 11.5. The largest absolute Gasteiger partial charge is 0.371 e. The maximum Gasteiger partial charge on any atom is 0.250 e. The maximum absolute atomic E-state index is 11.5. The van der Waals surface area contributed by atoms with E-state index in [1.807, 2.05) is 24.3 Å². The molecule has 1 saturated carbocycles. The lowest BCUT2D eigenvalue weighted by molar-refractivity contribution is 0.0951. The number of hydrogen-bond acceptors (Lipinski definition) is 2. The van der Waals surface area contributed by atoms with Gasteiger partial charge in [-0.2, -0.15) is 0 Å². The Morgan fingerprint density at radius 1 is 1.11 bits per heavy atom. The molecule has 1 saturated heterocycles. The third-order valence-electron chi connectivity index (χ3n) is 4.75. The zero-order valence-electron chi connectivity index (χ0n) is 10.7. The summed E-state index contributed by atoms with van der Waals surface area (Å²) >= 11 is 0. The van der Waals surface area contributed by atoms with Crippen LogP contribution in [-0.4, -0.2) is 19.0 Å². The van der Waals surface area contributed by atoms with Crippen molar-refractivity contribution in [3.63, 3.8) is 0 Å². The first-order chi connectivity index (χ1) is 8.70. The molecule has 1 aliphatic heterocycles. The molecule has 2 fully saturated rings. The van der Waals surface area contributed by atoms with Crippen LogP contribution in [0.5, 0.6) is 0 Å². The average Bonchev–Trinajstić information content (AvgIpc) is 2.37. The van der Waals surface area contributed by atoms with Crippen molar-refractivity contribution in [2.24, 2.45) is 11.1 Å². The van der Waals surface area contributed by atoms with Gasteiger partial charge in [0.25, 0.3) is 5.91 Å². The van der Waals surface area contributed by atoms with Crippen molar-refractivity contribution < 1.29 is 4.79 Å². The van der Waals surface area contributed by atoms with E-state index >= 15 is 0 Å². The van der Waals surface area contributed by atoms with Gasteiger partial charge in [0.1, 0.15) is 0 Å². The van der Waals surface area contributed by atoms with Crippen LogP contribution in [0, 0.1) is 5.41 Å². The number of benzene rings is 1. The molecule has 3 nitrogen and oxygen atoms in total. The summed E-state index contributed by atoms with van der Waals surface area (Å²) in [5, 5.41) is 0. The van der Waals surface area contributed by atoms with Gasteiger partial charge in [0.15, 0.2) is 0 Å². The van der Waals surface area contributed by atoms with Gasteiger partial charge in [-0.1, -0.05) is 18.6 Å². The van der Waals surface area contributed by atoms with Gasteiger partial charge in [0.05, 0.1) is 5.56 Å². The number of carbonyl (C=O) groups is 1. The first-order valence-electron chi connectivity index (χ1n) is 6.84. The molecule has 1 heterocycles. The van der Waals surface area contributed by atoms with Gasteiger partial charge in [0, 0.05) is 18.8 Å². The second-order valence-corrected chi connectivity index (χ2v) is 5.72. The second kappa shape index (κ2) is 4.30. The minimum absolute atomic E-state index is 0.325. The second-order valence-electron chi connectivity index (χ2n) is 5.72. The molecule has 0 aromatic heterocycles. The quantitative estimate of drug-likeness (QED) is 0.869. The fraction of sp³-hybridized carbons (Fsp3) is 0.533. The van der Waals surface area contributed by atoms with E-state index in [4.69, 9.17) is 5.73 Å². The predicted molar refractivity (Wildman–Crippen MR) is 72.7 cm³/mol. The van der Waals surface area contributed by atoms with Gasteiger partial charge in [-0.25, -0.2) is 0 Å². The van der Waals surface area contributed by atoms with Crippen molar-refractivity contribution in [2.45, 2.75) is 32.1 Å². The number of amides is 1. The molecule has 2 aliphatic rings. The van der Waals surface area contributed by atoms with Crippen molar-refractivity contribution in [1.29, 1.82) is 0 Å². The minimum atomic E-state index is -0.325. The normalized spacial score (nSPS) is 21.7. The zero-order valence-corrected chi connectivity index (χ0v) is 10.7. The molecular formula is C15H20N2O. The summed E-state index contributed by atoms with van der Waals surface area (Å²) in [6, 6.07) is 7.70. The van der Waals surface area contributed by atoms with Crippen molar-refractivity contribution in [1.82, 2.24) is 0 Å². The zero-order chi connectivity index (χ0) is 12.6. The Morgan fingerprint density at radius 3 is 2.33 bits per heavy atom. The van der Waals surface area contributed by atoms with Crippen LogP contribution < -0.4 is 10.6 Å². The van der Waals surface area contributed by atoms with Crippen molar-refractivity contribution in [2.75, 3.05) is 18.0 Å². The molecule has 0 radical (unpaired) electrons. The van der Waals surface area contributed by atoms with Gasteiger partial charge < -0.3 is 10.6 Å². The molecule has 96 valence electrons. The SMILES string of the molecule is NC(=O)c1ccccc1N1CCC2(CCC2)CC1. The lowest BCUT2D eigenvalue weighted by Gasteiger charge is -2.48. The van der Waals surface area contributed by atoms with E-state index in [0.29, 0.717) is 11.0 Å². The average molecular weight is 244 g/mol. The number of nitrogens with zero attached hydrogens (tertiary/aromatic N) is 1. The molecule has 1 spiro atoms. The number of carbonyl (C=O) groups excluding carboxylic acids is 1. The van der Waals surface area contributed by atoms with Gasteiger partial charge in [-0.15, -0.1) is 0 Å². The number of primary amides is 1. The topological polar surface area (TPSA) is 46.3 Å². The fourth-order valence-corrected chi connectivity index (χ4v) is 3.36. The Balaban J connectivity index is 1.78. The number of piperidine rings is 1. The number of para-hydroxylation sites is 1. The molecule has 2 N–H and O–H groups in total. The fourth-order valence-electron chi connectivity index (χ4n) is 3.36. The Bertz CT molecular complexity index is 455. The highest BCUT2D eigenvalue weighted by atomic mass is 16.1. The van der Waals surface area contributed by atoms with Crippen molar-refractivity contribution >= 4 is 11.6 Å². The monoisotopic (exact) mass is 244 g/mol. The highest BCUT2D eigenvalue weighted by molar-refractivity contribution is 5.98. The van der Waals surface area contributed by atoms with Crippen molar-refractivity contribution in [3.8, 4) is 0 Å². The summed E-state index contributed by atoms with van der Waals surface area (Å²) in [6.45, 7) is 2.12. The molecular weight excluding hydrogens is 224 g/mol. The molecule has 0 unspecified atom stereocenters. The summed E-state index contributed by atoms with van der Waals surface area (Å²) < 4.78 is 0. The van der Waals surface area contributed by atoms with E-state index in [9.17, 15) is 4.79 Å². The van der Waals surface area contributed by atoms with Crippen LogP contribution in [0.25, 0.3) is 0 Å². The highest BCUT2D eigenvalue weighted by Gasteiger charge is 2.39. The summed E-state index contributed by atoms with van der Waals surface area (Å²) in [5.74, 6) is -0.325. The van der Waals surface area contributed by atoms with Gasteiger partial charge in [-0.3, -0.25) is 4.79 Å². The highest BCUT2D eigenvalue weighted by Crippen LogP contribution is 2.49. The Hall–Kier alpha value is -1.51. The summed E-state index contributed by atoms with van der Waals surface area (Å²) in [7, 11) is 0. The standard InChI is InChI=1S/C15H20N2O/c16-14(18)12-4-1-2-5-13(12)17-10-8-15(9-11-17)6-3-7-15/h1-2,4-5H,3,6-11H2,(H2,16,18). The number of hydrogen-bond donors (Lipinski definition) is 1. The Morgan fingerprint density at radius 2 is 1.78 bits per heavy atom. The first-order valence-corrected chi connectivity index (χ1v) is 6.84. The molecule has 0 atom stereocenters. The molecule has 18 heavy (non-hydrogen) atoms. The van der Waals surface area contributed by atoms with E-state index in [-0.39, 0.29) is 5.91 Å². The predicted octanol–water partition coefficient (Wildman–Crippen LogP) is 2.56. The number of nitrogens with two attached hydrogens (primary N) is 1. The van der Waals surface area contributed by atoms with Crippen LogP contribution in [0.2, 0.25) is 0 Å². The van der Waals surface area contributed by atoms with Crippen molar-refractivity contribution in [3.05, 3.63) is 29.8 Å². The third-order valence-corrected chi connectivity index (χ3v) is 4.75. The molecule has 1 amide bonds. The number of rotatable bonds is 2. The lowest BCUT2D eigenvalue weighted by atomic mass is 9.63. The minimum Gasteiger partial charge on any atom is -0.371 e. The molecule has 3 heteroatoms. The van der Waals surface area contributed by atoms with Gasteiger partial charge in [-0.05, 0) is 43.2 Å². The molecule has 1 aliphatic carbocycles. The smallest absolute Gasteiger partial charge is 0.250 e. The first kappa shape index (κ1) is 11.6. The van der Waals surface area contributed by atoms with Crippen LogP contribution in [0.4, 0.5) is 5.69 Å². The molecule has 0 bridgehead atoms. The van der Waals surface area contributed by atoms with Crippen LogP contribution in [0.1, 0.15) is 42.5 Å². The lowest BCUT2D eigenvalue weighted by Crippen LogP contribution is -2.44. The Kier molecular flexibility index (Phi) is 2.77. The van der Waals surface area contributed by atoms with Gasteiger partial charge >= 0.3 is 0 Å². The molecule has 1 aromatic rings. The van der Waals surface area contributed by atoms with Crippen LogP contribution in [-0.2, 0) is 0 Å². The summed E-state index contributed by atoms with van der Waals surface area (Å²) in [5.41, 5.74) is 7.75. The van der Waals surface area contributed by atoms with Crippen LogP contribution in [0.15, 0.2) is 24.3 Å². The Labute approximate surface area is 108 Å². The summed E-state index contributed by atoms with van der Waals surface area (Å²) in [4.78, 5) is 13.8. The van der Waals surface area contributed by atoms with E-state index in [1.54, 1.807) is 0 Å². The van der Waals surface area contributed by atoms with E-state index < -0.39 is 0 Å². The van der Waals surface area contributed by atoms with Crippen LogP contribution in [0.3, 0.4) is 0 Å². The number of anilines is 1. The summed E-state index contributed by atoms with van der Waals surface area (Å²) in [6.07, 6.45) is 6.73. The van der Waals surface area contributed by atoms with E-state index in [1.165, 1.54) is 32.1 Å². The van der Waals surface area contributed by atoms with Crippen LogP contribution >= 0.6 is 0 Å². The van der Waals surface area contributed by atoms with E-state index in [2.05, 4.69) is 4.90 Å². The van der Waals surface area contributed by atoms with E-state index in [0.717, 1.165) is 18.8 Å².